The van der Waals surface area contributed by atoms with Crippen LogP contribution in [0.2, 0.25) is 0 Å². The molecule has 3 heterocycles. The molecule has 2 N–H and O–H groups in total. The van der Waals surface area contributed by atoms with Crippen LogP contribution in [0, 0.1) is 6.92 Å². The third-order valence-corrected chi connectivity index (χ3v) is 5.29. The lowest BCUT2D eigenvalue weighted by Gasteiger charge is -2.08. The van der Waals surface area contributed by atoms with E-state index in [0.29, 0.717) is 10.9 Å². The number of hydrogen-bond acceptors (Lipinski definition) is 7. The number of benzene rings is 1. The quantitative estimate of drug-likeness (QED) is 0.593. The van der Waals surface area contributed by atoms with Gasteiger partial charge in [-0.1, -0.05) is 29.5 Å². The summed E-state index contributed by atoms with van der Waals surface area (Å²) < 4.78 is 1.72. The molecule has 4 aromatic rings. The van der Waals surface area contributed by atoms with Crippen LogP contribution >= 0.6 is 11.3 Å². The number of nitrogen functional groups attached to an aromatic ring is 1. The summed E-state index contributed by atoms with van der Waals surface area (Å²) in [6, 6.07) is 8.25. The summed E-state index contributed by atoms with van der Waals surface area (Å²) in [5.41, 5.74) is 12.0. The number of aryl methyl sites for hydroxylation is 1. The molecule has 27 heavy (non-hydrogen) atoms. The van der Waals surface area contributed by atoms with Crippen molar-refractivity contribution in [1.82, 2.24) is 29.9 Å². The second-order valence-corrected chi connectivity index (χ2v) is 7.31. The number of fused-ring (bicyclic) bond motifs is 1. The highest BCUT2D eigenvalue weighted by Gasteiger charge is 2.19. The van der Waals surface area contributed by atoms with Crippen LogP contribution in [0.15, 0.2) is 48.9 Å². The number of nitrogens with two attached hydrogens (primary N) is 1. The standard InChI is InChI=1S/C19H15N7S/c1-11-6-7-26(25-11)17-10-21-16(9-22-17)14-5-4-12-2-3-13(8-15(12)14)18-23-24-19(20)27-18/h2-3,5-10H,4H2,1H3,(H2,20,24). The van der Waals surface area contributed by atoms with E-state index in [1.54, 1.807) is 17.1 Å². The number of rotatable bonds is 3. The van der Waals surface area contributed by atoms with Crippen molar-refractivity contribution in [3.05, 3.63) is 71.4 Å². The van der Waals surface area contributed by atoms with Crippen molar-refractivity contribution >= 4 is 22.0 Å². The molecule has 1 aliphatic carbocycles. The van der Waals surface area contributed by atoms with Crippen LogP contribution in [0.3, 0.4) is 0 Å². The molecule has 0 bridgehead atoms. The summed E-state index contributed by atoms with van der Waals surface area (Å²) in [7, 11) is 0. The van der Waals surface area contributed by atoms with Gasteiger partial charge in [-0.2, -0.15) is 5.10 Å². The molecule has 1 aliphatic rings. The van der Waals surface area contributed by atoms with Gasteiger partial charge in [0.25, 0.3) is 0 Å². The Morgan fingerprint density at radius 1 is 1.11 bits per heavy atom. The Morgan fingerprint density at radius 3 is 2.74 bits per heavy atom. The molecule has 0 unspecified atom stereocenters. The van der Waals surface area contributed by atoms with Gasteiger partial charge in [-0.25, -0.2) is 9.67 Å². The van der Waals surface area contributed by atoms with Gasteiger partial charge in [0.05, 0.1) is 23.8 Å². The first kappa shape index (κ1) is 15.8. The minimum Gasteiger partial charge on any atom is -0.374 e. The molecule has 0 aliphatic heterocycles. The van der Waals surface area contributed by atoms with Crippen LogP contribution in [-0.4, -0.2) is 29.9 Å². The Kier molecular flexibility index (Phi) is 3.58. The highest BCUT2D eigenvalue weighted by atomic mass is 32.1. The van der Waals surface area contributed by atoms with E-state index >= 15 is 0 Å². The summed E-state index contributed by atoms with van der Waals surface area (Å²) in [6.45, 7) is 1.95. The Bertz CT molecular complexity index is 1170. The summed E-state index contributed by atoms with van der Waals surface area (Å²) in [4.78, 5) is 9.14. The fourth-order valence-electron chi connectivity index (χ4n) is 3.18. The zero-order valence-corrected chi connectivity index (χ0v) is 15.3. The molecule has 0 fully saturated rings. The van der Waals surface area contributed by atoms with Crippen molar-refractivity contribution in [3.63, 3.8) is 0 Å². The normalized spacial score (nSPS) is 12.9. The van der Waals surface area contributed by atoms with Gasteiger partial charge >= 0.3 is 0 Å². The molecule has 8 heteroatoms. The highest BCUT2D eigenvalue weighted by molar-refractivity contribution is 7.18. The molecule has 1 aromatic carbocycles. The zero-order chi connectivity index (χ0) is 18.4. The second kappa shape index (κ2) is 6.10. The molecule has 132 valence electrons. The van der Waals surface area contributed by atoms with E-state index in [1.807, 2.05) is 19.2 Å². The lowest BCUT2D eigenvalue weighted by Crippen LogP contribution is -2.01. The van der Waals surface area contributed by atoms with Gasteiger partial charge in [-0.05, 0) is 36.6 Å². The Morgan fingerprint density at radius 2 is 2.04 bits per heavy atom. The van der Waals surface area contributed by atoms with Crippen LogP contribution in [-0.2, 0) is 6.42 Å². The monoisotopic (exact) mass is 373 g/mol. The average molecular weight is 373 g/mol. The topological polar surface area (TPSA) is 95.4 Å². The van der Waals surface area contributed by atoms with Crippen molar-refractivity contribution in [2.45, 2.75) is 13.3 Å². The number of hydrogen-bond donors (Lipinski definition) is 1. The largest absolute Gasteiger partial charge is 0.374 e. The van der Waals surface area contributed by atoms with Gasteiger partial charge in [-0.15, -0.1) is 10.2 Å². The SMILES string of the molecule is Cc1ccn(-c2cnc(C3=CCc4ccc(-c5nnc(N)s5)cc43)cn2)n1. The molecule has 0 atom stereocenters. The van der Waals surface area contributed by atoms with Gasteiger partial charge in [-0.3, -0.25) is 4.98 Å². The van der Waals surface area contributed by atoms with Crippen LogP contribution in [0.4, 0.5) is 5.13 Å². The third-order valence-electron chi connectivity index (χ3n) is 4.49. The third kappa shape index (κ3) is 2.80. The lowest BCUT2D eigenvalue weighted by molar-refractivity contribution is 0.823. The van der Waals surface area contributed by atoms with Crippen LogP contribution in [0.25, 0.3) is 22.0 Å². The Labute approximate surface area is 159 Å². The maximum absolute atomic E-state index is 5.72. The van der Waals surface area contributed by atoms with Crippen molar-refractivity contribution in [2.24, 2.45) is 0 Å². The predicted octanol–water partition coefficient (Wildman–Crippen LogP) is 3.06. The summed E-state index contributed by atoms with van der Waals surface area (Å²) in [5, 5.41) is 13.7. The first-order chi connectivity index (χ1) is 13.2. The second-order valence-electron chi connectivity index (χ2n) is 6.30. The fourth-order valence-corrected chi connectivity index (χ4v) is 3.78. The van der Waals surface area contributed by atoms with Crippen molar-refractivity contribution in [3.8, 4) is 16.4 Å². The van der Waals surface area contributed by atoms with Gasteiger partial charge in [0.1, 0.15) is 5.01 Å². The van der Waals surface area contributed by atoms with E-state index < -0.39 is 0 Å². The van der Waals surface area contributed by atoms with Gasteiger partial charge in [0, 0.05) is 17.3 Å². The van der Waals surface area contributed by atoms with E-state index in [-0.39, 0.29) is 0 Å². The number of anilines is 1. The Balaban J connectivity index is 1.49. The van der Waals surface area contributed by atoms with E-state index in [2.05, 4.69) is 49.5 Å². The van der Waals surface area contributed by atoms with Crippen molar-refractivity contribution < 1.29 is 0 Å². The number of aromatic nitrogens is 6. The number of allylic oxidation sites excluding steroid dienone is 1. The summed E-state index contributed by atoms with van der Waals surface area (Å²) in [5.74, 6) is 0.698. The molecule has 0 amide bonds. The van der Waals surface area contributed by atoms with Crippen molar-refractivity contribution in [2.75, 3.05) is 5.73 Å². The van der Waals surface area contributed by atoms with Crippen LogP contribution < -0.4 is 5.73 Å². The first-order valence-electron chi connectivity index (χ1n) is 8.45. The molecular formula is C19H15N7S. The van der Waals surface area contributed by atoms with Crippen molar-refractivity contribution in [1.29, 1.82) is 0 Å². The molecule has 5 rings (SSSR count). The van der Waals surface area contributed by atoms with E-state index in [0.717, 1.165) is 39.5 Å². The fraction of sp³-hybridized carbons (Fsp3) is 0.105. The Hall–Kier alpha value is -3.39. The maximum atomic E-state index is 5.72. The maximum Gasteiger partial charge on any atom is 0.203 e. The number of nitrogens with zero attached hydrogens (tertiary/aromatic N) is 6. The highest BCUT2D eigenvalue weighted by Crippen LogP contribution is 2.35. The molecule has 7 nitrogen and oxygen atoms in total. The molecule has 0 saturated carbocycles. The van der Waals surface area contributed by atoms with Gasteiger partial charge < -0.3 is 5.73 Å². The van der Waals surface area contributed by atoms with E-state index in [1.165, 1.54) is 16.9 Å². The zero-order valence-electron chi connectivity index (χ0n) is 14.5. The minimum atomic E-state index is 0.469. The van der Waals surface area contributed by atoms with Gasteiger partial charge in [0.2, 0.25) is 5.13 Å². The first-order valence-corrected chi connectivity index (χ1v) is 9.27. The van der Waals surface area contributed by atoms with E-state index in [9.17, 15) is 0 Å². The van der Waals surface area contributed by atoms with Crippen LogP contribution in [0.5, 0.6) is 0 Å². The smallest absolute Gasteiger partial charge is 0.203 e. The molecule has 0 radical (unpaired) electrons. The summed E-state index contributed by atoms with van der Waals surface area (Å²) >= 11 is 1.38. The molecule has 0 saturated heterocycles. The molecular weight excluding hydrogens is 358 g/mol. The lowest BCUT2D eigenvalue weighted by atomic mass is 10.0. The van der Waals surface area contributed by atoms with Gasteiger partial charge in [0.15, 0.2) is 5.82 Å². The summed E-state index contributed by atoms with van der Waals surface area (Å²) in [6.07, 6.45) is 8.48. The van der Waals surface area contributed by atoms with E-state index in [4.69, 9.17) is 5.73 Å². The molecule has 3 aromatic heterocycles. The average Bonchev–Trinajstić information content (AvgIpc) is 3.41. The minimum absolute atomic E-state index is 0.469. The predicted molar refractivity (Wildman–Crippen MR) is 104 cm³/mol. The van der Waals surface area contributed by atoms with Crippen LogP contribution in [0.1, 0.15) is 22.5 Å². The molecule has 0 spiro atoms.